The summed E-state index contributed by atoms with van der Waals surface area (Å²) < 4.78 is 16.5. The average molecular weight is 137 g/mol. The van der Waals surface area contributed by atoms with Crippen LogP contribution in [0.2, 0.25) is 0 Å². The lowest BCUT2D eigenvalue weighted by molar-refractivity contribution is 0.292. The summed E-state index contributed by atoms with van der Waals surface area (Å²) in [4.78, 5) is 0. The van der Waals surface area contributed by atoms with Crippen molar-refractivity contribution in [2.45, 2.75) is 13.8 Å². The van der Waals surface area contributed by atoms with E-state index in [4.69, 9.17) is 13.1 Å². The topological polar surface area (TPSA) is 42.3 Å². The highest BCUT2D eigenvalue weighted by molar-refractivity contribution is 7.76. The molecule has 0 spiro atoms. The zero-order chi connectivity index (χ0) is 6.41. The minimum Gasteiger partial charge on any atom is -0.285 e. The van der Waals surface area contributed by atoms with E-state index in [0.717, 1.165) is 0 Å². The van der Waals surface area contributed by atoms with Crippen molar-refractivity contribution in [3.8, 4) is 0 Å². The lowest BCUT2D eigenvalue weighted by Crippen LogP contribution is -1.98. The third-order valence-corrected chi connectivity index (χ3v) is 1.35. The second-order valence-corrected chi connectivity index (χ2v) is 1.99. The van der Waals surface area contributed by atoms with Crippen molar-refractivity contribution >= 4 is 11.3 Å². The van der Waals surface area contributed by atoms with Gasteiger partial charge in [0.1, 0.15) is 0 Å². The van der Waals surface area contributed by atoms with Gasteiger partial charge in [0.2, 0.25) is 0 Å². The van der Waals surface area contributed by atoms with Gasteiger partial charge in [-0.15, -0.1) is 0 Å². The lowest BCUT2D eigenvalue weighted by Gasteiger charge is -1.99. The van der Waals surface area contributed by atoms with E-state index in [0.29, 0.717) is 13.2 Å². The van der Waals surface area contributed by atoms with Crippen molar-refractivity contribution in [1.82, 2.24) is 0 Å². The van der Waals surface area contributed by atoms with Gasteiger partial charge >= 0.3 is 0 Å². The lowest BCUT2D eigenvalue weighted by atomic mass is 10.9. The van der Waals surface area contributed by atoms with E-state index in [1.165, 1.54) is 0 Å². The van der Waals surface area contributed by atoms with Crippen molar-refractivity contribution in [3.05, 3.63) is 0 Å². The van der Waals surface area contributed by atoms with Crippen LogP contribution in [0.5, 0.6) is 0 Å². The molecule has 8 heavy (non-hydrogen) atoms. The molecule has 0 unspecified atom stereocenters. The Labute approximate surface area is 52.3 Å². The smallest absolute Gasteiger partial charge is 0.173 e. The van der Waals surface area contributed by atoms with Gasteiger partial charge in [-0.25, -0.2) is 4.78 Å². The molecule has 0 aromatic heterocycles. The molecule has 0 heterocycles. The predicted octanol–water partition coefficient (Wildman–Crippen LogP) is 1.27. The van der Waals surface area contributed by atoms with Crippen LogP contribution in [0.4, 0.5) is 0 Å². The first kappa shape index (κ1) is 8.07. The summed E-state index contributed by atoms with van der Waals surface area (Å²) in [6.45, 7) is 4.78. The highest BCUT2D eigenvalue weighted by Crippen LogP contribution is 1.87. The summed E-state index contributed by atoms with van der Waals surface area (Å²) in [5.74, 6) is 0. The van der Waals surface area contributed by atoms with Gasteiger partial charge in [0.25, 0.3) is 0 Å². The fourth-order valence-corrected chi connectivity index (χ4v) is 0.744. The van der Waals surface area contributed by atoms with E-state index in [1.54, 1.807) is 0 Å². The van der Waals surface area contributed by atoms with Gasteiger partial charge < -0.3 is 0 Å². The first-order chi connectivity index (χ1) is 3.81. The summed E-state index contributed by atoms with van der Waals surface area (Å²) in [6, 6.07) is 0. The van der Waals surface area contributed by atoms with Crippen molar-refractivity contribution < 1.29 is 8.37 Å². The molecule has 0 aromatic carbocycles. The van der Waals surface area contributed by atoms with Crippen LogP contribution in [0.3, 0.4) is 0 Å². The van der Waals surface area contributed by atoms with Crippen LogP contribution in [0.25, 0.3) is 0 Å². The summed E-state index contributed by atoms with van der Waals surface area (Å²) in [5.41, 5.74) is 0. The Bertz CT molecular complexity index is 68.4. The Morgan fingerprint density at radius 3 is 1.88 bits per heavy atom. The Morgan fingerprint density at radius 2 is 1.62 bits per heavy atom. The van der Waals surface area contributed by atoms with E-state index in [9.17, 15) is 0 Å². The highest BCUT2D eigenvalue weighted by atomic mass is 32.2. The molecule has 0 radical (unpaired) electrons. The Hall–Kier alpha value is 0.0700. The third-order valence-electron chi connectivity index (χ3n) is 0.450. The van der Waals surface area contributed by atoms with E-state index in [2.05, 4.69) is 0 Å². The number of nitrogens with one attached hydrogen (secondary N) is 1. The van der Waals surface area contributed by atoms with Crippen LogP contribution in [-0.2, 0) is 19.6 Å². The van der Waals surface area contributed by atoms with Crippen LogP contribution in [0.15, 0.2) is 0 Å². The van der Waals surface area contributed by atoms with Gasteiger partial charge in [0.15, 0.2) is 11.3 Å². The highest BCUT2D eigenvalue weighted by Gasteiger charge is 1.87. The van der Waals surface area contributed by atoms with Crippen molar-refractivity contribution in [1.29, 1.82) is 4.78 Å². The molecule has 0 rings (SSSR count). The molecule has 0 aromatic rings. The molecular weight excluding hydrogens is 126 g/mol. The fourth-order valence-electron chi connectivity index (χ4n) is 0.248. The quantitative estimate of drug-likeness (QED) is 0.634. The Morgan fingerprint density at radius 1 is 1.25 bits per heavy atom. The molecule has 0 fully saturated rings. The minimum absolute atomic E-state index is 0.548. The van der Waals surface area contributed by atoms with Crippen molar-refractivity contribution in [3.63, 3.8) is 0 Å². The summed E-state index contributed by atoms with van der Waals surface area (Å²) in [5, 5.41) is 0. The molecule has 0 aliphatic carbocycles. The van der Waals surface area contributed by atoms with E-state index in [-0.39, 0.29) is 0 Å². The fraction of sp³-hybridized carbons (Fsp3) is 1.00. The molecule has 4 heteroatoms. The first-order valence-corrected chi connectivity index (χ1v) is 3.60. The number of hydrogen-bond acceptors (Lipinski definition) is 3. The van der Waals surface area contributed by atoms with E-state index < -0.39 is 11.3 Å². The van der Waals surface area contributed by atoms with Crippen LogP contribution in [0, 0.1) is 4.78 Å². The molecule has 0 aliphatic heterocycles. The molecule has 0 amide bonds. The maximum Gasteiger partial charge on any atom is 0.173 e. The maximum absolute atomic E-state index is 6.96. The summed E-state index contributed by atoms with van der Waals surface area (Å²) in [7, 11) is 0. The van der Waals surface area contributed by atoms with Crippen LogP contribution in [0.1, 0.15) is 13.8 Å². The number of rotatable bonds is 4. The SMILES string of the molecule is CCOS(=N)OCC. The second-order valence-electron chi connectivity index (χ2n) is 1.05. The van der Waals surface area contributed by atoms with E-state index >= 15 is 0 Å². The third kappa shape index (κ3) is 4.23. The number of hydrogen-bond donors (Lipinski definition) is 1. The summed E-state index contributed by atoms with van der Waals surface area (Å²) >= 11 is -1.02. The predicted molar refractivity (Wildman–Crippen MR) is 33.3 cm³/mol. The summed E-state index contributed by atoms with van der Waals surface area (Å²) in [6.07, 6.45) is 0. The molecule has 0 bridgehead atoms. The Balaban J connectivity index is 3.06. The van der Waals surface area contributed by atoms with Crippen molar-refractivity contribution in [2.75, 3.05) is 13.2 Å². The van der Waals surface area contributed by atoms with Gasteiger partial charge in [-0.3, -0.25) is 8.37 Å². The monoisotopic (exact) mass is 137 g/mol. The van der Waals surface area contributed by atoms with Crippen LogP contribution in [-0.4, -0.2) is 13.2 Å². The first-order valence-electron chi connectivity index (χ1n) is 2.53. The molecule has 0 atom stereocenters. The normalized spacial score (nSPS) is 10.4. The molecule has 0 saturated carbocycles. The second kappa shape index (κ2) is 5.21. The zero-order valence-electron chi connectivity index (χ0n) is 5.14. The van der Waals surface area contributed by atoms with Crippen LogP contribution < -0.4 is 0 Å². The maximum atomic E-state index is 6.96. The molecular formula is C4H11NO2S. The van der Waals surface area contributed by atoms with Gasteiger partial charge in [0.05, 0.1) is 13.2 Å². The minimum atomic E-state index is -1.02. The van der Waals surface area contributed by atoms with Crippen molar-refractivity contribution in [2.24, 2.45) is 0 Å². The zero-order valence-corrected chi connectivity index (χ0v) is 5.96. The largest absolute Gasteiger partial charge is 0.285 e. The molecule has 1 N–H and O–H groups in total. The van der Waals surface area contributed by atoms with Gasteiger partial charge in [-0.2, -0.15) is 0 Å². The molecule has 3 nitrogen and oxygen atoms in total. The van der Waals surface area contributed by atoms with Gasteiger partial charge in [-0.05, 0) is 13.8 Å². The average Bonchev–Trinajstić information content (AvgIpc) is 1.68. The molecule has 0 saturated heterocycles. The Kier molecular flexibility index (Phi) is 5.26. The van der Waals surface area contributed by atoms with Gasteiger partial charge in [-0.1, -0.05) is 0 Å². The van der Waals surface area contributed by atoms with Crippen LogP contribution >= 0.6 is 0 Å². The molecule has 0 aliphatic rings. The standard InChI is InChI=1S/C4H11NO2S/c1-3-6-8(5)7-4-2/h5H,3-4H2,1-2H3. The molecule has 50 valence electrons. The van der Waals surface area contributed by atoms with E-state index in [1.807, 2.05) is 13.8 Å². The van der Waals surface area contributed by atoms with Gasteiger partial charge in [0, 0.05) is 0 Å².